The largest absolute Gasteiger partial charge is 0.494 e. The molecule has 0 spiro atoms. The lowest BCUT2D eigenvalue weighted by molar-refractivity contribution is -0.127. The van der Waals surface area contributed by atoms with Crippen LogP contribution >= 0.6 is 23.4 Å². The number of hydrogen-bond acceptors (Lipinski definition) is 7. The summed E-state index contributed by atoms with van der Waals surface area (Å²) in [6.07, 6.45) is 2.20. The number of imide groups is 1. The van der Waals surface area contributed by atoms with Crippen LogP contribution in [0.3, 0.4) is 0 Å². The molecule has 0 N–H and O–H groups in total. The Labute approximate surface area is 194 Å². The SMILES string of the molecule is COc1ccc(C)cc1-n1nnnc1S[C@H]1CCCCN(C(=O)c2ccc(Cl)cc2)C1=O. The van der Waals surface area contributed by atoms with Gasteiger partial charge in [-0.15, -0.1) is 5.10 Å². The van der Waals surface area contributed by atoms with E-state index < -0.39 is 5.25 Å². The summed E-state index contributed by atoms with van der Waals surface area (Å²) in [5.41, 5.74) is 2.15. The first-order valence-corrected chi connectivity index (χ1v) is 11.4. The number of methoxy groups -OCH3 is 1. The molecule has 0 unspecified atom stereocenters. The molecular formula is C22H22ClN5O3S. The van der Waals surface area contributed by atoms with Crippen LogP contribution in [0.15, 0.2) is 47.6 Å². The lowest BCUT2D eigenvalue weighted by atomic mass is 10.2. The van der Waals surface area contributed by atoms with Crippen molar-refractivity contribution in [3.05, 3.63) is 58.6 Å². The molecule has 2 heterocycles. The summed E-state index contributed by atoms with van der Waals surface area (Å²) >= 11 is 7.20. The van der Waals surface area contributed by atoms with Crippen molar-refractivity contribution < 1.29 is 14.3 Å². The van der Waals surface area contributed by atoms with Gasteiger partial charge in [0.25, 0.3) is 5.91 Å². The number of likely N-dealkylation sites (tertiary alicyclic amines) is 1. The molecule has 0 aliphatic carbocycles. The normalized spacial score (nSPS) is 16.7. The van der Waals surface area contributed by atoms with Crippen molar-refractivity contribution in [1.82, 2.24) is 25.1 Å². The number of hydrogen-bond donors (Lipinski definition) is 0. The average Bonchev–Trinajstić information content (AvgIpc) is 3.18. The maximum atomic E-state index is 13.3. The number of rotatable bonds is 5. The van der Waals surface area contributed by atoms with Gasteiger partial charge in [-0.05, 0) is 72.2 Å². The zero-order valence-electron chi connectivity index (χ0n) is 17.7. The van der Waals surface area contributed by atoms with Gasteiger partial charge in [0.1, 0.15) is 11.4 Å². The van der Waals surface area contributed by atoms with Crippen LogP contribution in [0, 0.1) is 6.92 Å². The van der Waals surface area contributed by atoms with E-state index in [0.717, 1.165) is 18.4 Å². The molecule has 0 saturated carbocycles. The molecule has 32 heavy (non-hydrogen) atoms. The number of tetrazole rings is 1. The van der Waals surface area contributed by atoms with Gasteiger partial charge in [0, 0.05) is 17.1 Å². The number of halogens is 1. The smallest absolute Gasteiger partial charge is 0.260 e. The zero-order valence-corrected chi connectivity index (χ0v) is 19.3. The van der Waals surface area contributed by atoms with Gasteiger partial charge < -0.3 is 4.74 Å². The second-order valence-electron chi connectivity index (χ2n) is 7.45. The third kappa shape index (κ3) is 4.63. The minimum atomic E-state index is -0.477. The van der Waals surface area contributed by atoms with Crippen LogP contribution in [0.4, 0.5) is 0 Å². The summed E-state index contributed by atoms with van der Waals surface area (Å²) < 4.78 is 7.03. The predicted molar refractivity (Wildman–Crippen MR) is 121 cm³/mol. The highest BCUT2D eigenvalue weighted by Crippen LogP contribution is 2.32. The van der Waals surface area contributed by atoms with E-state index in [1.165, 1.54) is 16.7 Å². The predicted octanol–water partition coefficient (Wildman–Crippen LogP) is 3.95. The Balaban J connectivity index is 1.59. The van der Waals surface area contributed by atoms with E-state index in [-0.39, 0.29) is 11.8 Å². The van der Waals surface area contributed by atoms with E-state index in [0.29, 0.717) is 40.1 Å². The first kappa shape index (κ1) is 22.3. The summed E-state index contributed by atoms with van der Waals surface area (Å²) in [5, 5.41) is 12.6. The molecule has 1 saturated heterocycles. The zero-order chi connectivity index (χ0) is 22.7. The Morgan fingerprint density at radius 3 is 2.72 bits per heavy atom. The highest BCUT2D eigenvalue weighted by Gasteiger charge is 2.33. The minimum Gasteiger partial charge on any atom is -0.494 e. The second kappa shape index (κ2) is 9.70. The van der Waals surface area contributed by atoms with Crippen LogP contribution in [0.5, 0.6) is 5.75 Å². The fourth-order valence-electron chi connectivity index (χ4n) is 3.56. The van der Waals surface area contributed by atoms with Crippen molar-refractivity contribution in [3.63, 3.8) is 0 Å². The van der Waals surface area contributed by atoms with Gasteiger partial charge in [-0.3, -0.25) is 14.5 Å². The number of carbonyl (C=O) groups excluding carboxylic acids is 2. The Kier molecular flexibility index (Phi) is 6.76. The van der Waals surface area contributed by atoms with Gasteiger partial charge in [-0.2, -0.15) is 4.68 Å². The number of amides is 2. The monoisotopic (exact) mass is 471 g/mol. The van der Waals surface area contributed by atoms with E-state index in [1.807, 2.05) is 25.1 Å². The number of benzene rings is 2. The summed E-state index contributed by atoms with van der Waals surface area (Å²) in [6.45, 7) is 2.35. The Hall–Kier alpha value is -2.91. The van der Waals surface area contributed by atoms with E-state index in [4.69, 9.17) is 16.3 Å². The van der Waals surface area contributed by atoms with Crippen LogP contribution in [-0.4, -0.2) is 55.8 Å². The minimum absolute atomic E-state index is 0.238. The lowest BCUT2D eigenvalue weighted by Crippen LogP contribution is -2.41. The summed E-state index contributed by atoms with van der Waals surface area (Å²) in [6, 6.07) is 12.3. The van der Waals surface area contributed by atoms with Crippen molar-refractivity contribution in [2.45, 2.75) is 36.6 Å². The fourth-order valence-corrected chi connectivity index (χ4v) is 4.77. The number of carbonyl (C=O) groups is 2. The molecule has 4 rings (SSSR count). The summed E-state index contributed by atoms with van der Waals surface area (Å²) in [5.74, 6) is 0.0637. The number of ether oxygens (including phenoxy) is 1. The quantitative estimate of drug-likeness (QED) is 0.520. The number of thioether (sulfide) groups is 1. The maximum absolute atomic E-state index is 13.3. The molecule has 2 aromatic carbocycles. The number of aryl methyl sites for hydroxylation is 1. The van der Waals surface area contributed by atoms with E-state index in [1.54, 1.807) is 36.1 Å². The summed E-state index contributed by atoms with van der Waals surface area (Å²) in [7, 11) is 1.58. The van der Waals surface area contributed by atoms with Gasteiger partial charge >= 0.3 is 0 Å². The van der Waals surface area contributed by atoms with Crippen molar-refractivity contribution in [3.8, 4) is 11.4 Å². The molecule has 166 valence electrons. The molecular weight excluding hydrogens is 450 g/mol. The van der Waals surface area contributed by atoms with Crippen molar-refractivity contribution in [1.29, 1.82) is 0 Å². The lowest BCUT2D eigenvalue weighted by Gasteiger charge is -2.22. The van der Waals surface area contributed by atoms with Gasteiger partial charge in [0.05, 0.1) is 12.4 Å². The first-order valence-electron chi connectivity index (χ1n) is 10.2. The van der Waals surface area contributed by atoms with Crippen LogP contribution in [0.2, 0.25) is 5.02 Å². The summed E-state index contributed by atoms with van der Waals surface area (Å²) in [4.78, 5) is 27.7. The van der Waals surface area contributed by atoms with E-state index in [2.05, 4.69) is 15.5 Å². The van der Waals surface area contributed by atoms with Crippen LogP contribution in [0.25, 0.3) is 5.69 Å². The molecule has 1 fully saturated rings. The van der Waals surface area contributed by atoms with Crippen LogP contribution in [-0.2, 0) is 4.79 Å². The number of nitrogens with zero attached hydrogens (tertiary/aromatic N) is 5. The molecule has 1 aliphatic heterocycles. The Bertz CT molecular complexity index is 1130. The maximum Gasteiger partial charge on any atom is 0.260 e. The van der Waals surface area contributed by atoms with E-state index in [9.17, 15) is 9.59 Å². The Morgan fingerprint density at radius 1 is 1.19 bits per heavy atom. The van der Waals surface area contributed by atoms with Gasteiger partial charge in [-0.1, -0.05) is 35.9 Å². The Morgan fingerprint density at radius 2 is 1.97 bits per heavy atom. The molecule has 0 radical (unpaired) electrons. The molecule has 8 nitrogen and oxygen atoms in total. The highest BCUT2D eigenvalue weighted by atomic mass is 35.5. The molecule has 3 aromatic rings. The molecule has 1 atom stereocenters. The van der Waals surface area contributed by atoms with Gasteiger partial charge in [0.15, 0.2) is 0 Å². The molecule has 1 aromatic heterocycles. The third-order valence-corrected chi connectivity index (χ3v) is 6.67. The first-order chi connectivity index (χ1) is 15.5. The fraction of sp³-hybridized carbons (Fsp3) is 0.318. The highest BCUT2D eigenvalue weighted by molar-refractivity contribution is 8.00. The molecule has 2 amide bonds. The molecule has 0 bridgehead atoms. The van der Waals surface area contributed by atoms with Gasteiger partial charge in [0.2, 0.25) is 11.1 Å². The molecule has 1 aliphatic rings. The van der Waals surface area contributed by atoms with Crippen molar-refractivity contribution in [2.75, 3.05) is 13.7 Å². The van der Waals surface area contributed by atoms with Crippen molar-refractivity contribution in [2.24, 2.45) is 0 Å². The van der Waals surface area contributed by atoms with E-state index >= 15 is 0 Å². The number of aromatic nitrogens is 4. The van der Waals surface area contributed by atoms with Crippen LogP contribution < -0.4 is 4.74 Å². The van der Waals surface area contributed by atoms with Crippen LogP contribution in [0.1, 0.15) is 35.2 Å². The third-order valence-electron chi connectivity index (χ3n) is 5.23. The second-order valence-corrected chi connectivity index (χ2v) is 9.06. The molecule has 10 heteroatoms. The average molecular weight is 472 g/mol. The standard InChI is InChI=1S/C22H22ClN5O3S/c1-14-6-11-18(31-2)17(13-14)28-22(24-25-26-28)32-19-5-3-4-12-27(21(19)30)20(29)15-7-9-16(23)10-8-15/h6-11,13,19H,3-5,12H2,1-2H3/t19-/m0/s1. The van der Waals surface area contributed by atoms with Gasteiger partial charge in [-0.25, -0.2) is 0 Å². The topological polar surface area (TPSA) is 90.2 Å². The van der Waals surface area contributed by atoms with Crippen molar-refractivity contribution >= 4 is 35.2 Å².